The quantitative estimate of drug-likeness (QED) is 0.824. The maximum absolute atomic E-state index is 9.71. The third-order valence-corrected chi connectivity index (χ3v) is 4.18. The Balaban J connectivity index is 2.84. The molecule has 1 aromatic heterocycles. The van der Waals surface area contributed by atoms with Gasteiger partial charge in [-0.05, 0) is 20.8 Å². The lowest BCUT2D eigenvalue weighted by Crippen LogP contribution is -2.39. The minimum absolute atomic E-state index is 0.267. The molecule has 0 saturated carbocycles. The van der Waals surface area contributed by atoms with Crippen LogP contribution in [0, 0.1) is 19.3 Å². The Kier molecular flexibility index (Phi) is 3.87. The second-order valence-corrected chi connectivity index (χ2v) is 5.75. The molecule has 0 spiro atoms. The summed E-state index contributed by atoms with van der Waals surface area (Å²) in [4.78, 5) is 5.72. The Labute approximate surface area is 95.3 Å². The summed E-state index contributed by atoms with van der Waals surface area (Å²) in [5, 5.41) is 10.8. The average Bonchev–Trinajstić information content (AvgIpc) is 2.45. The molecular weight excluding hydrogens is 208 g/mol. The number of aliphatic hydroxyl groups excluding tert-OH is 1. The fourth-order valence-corrected chi connectivity index (χ4v) is 2.48. The molecule has 1 rings (SSSR count). The van der Waals surface area contributed by atoms with Crippen LogP contribution in [-0.2, 0) is 6.42 Å². The molecular formula is C11H20N2OS. The second-order valence-electron chi connectivity index (χ2n) is 4.46. The van der Waals surface area contributed by atoms with Crippen LogP contribution in [0.1, 0.15) is 29.4 Å². The highest BCUT2D eigenvalue weighted by atomic mass is 32.1. The van der Waals surface area contributed by atoms with Crippen LogP contribution in [-0.4, -0.2) is 22.7 Å². The molecule has 86 valence electrons. The number of hydrogen-bond donors (Lipinski definition) is 2. The molecule has 0 saturated heterocycles. The van der Waals surface area contributed by atoms with E-state index in [4.69, 9.17) is 5.73 Å². The molecule has 0 aliphatic carbocycles. The molecule has 4 heteroatoms. The SMILES string of the molecule is Cc1nc(CC(C)(CN)C(C)O)sc1C. The van der Waals surface area contributed by atoms with Crippen LogP contribution in [0.5, 0.6) is 0 Å². The fraction of sp³-hybridized carbons (Fsp3) is 0.727. The lowest BCUT2D eigenvalue weighted by molar-refractivity contribution is 0.0588. The Morgan fingerprint density at radius 1 is 1.53 bits per heavy atom. The van der Waals surface area contributed by atoms with E-state index in [1.165, 1.54) is 4.88 Å². The van der Waals surface area contributed by atoms with E-state index >= 15 is 0 Å². The van der Waals surface area contributed by atoms with Gasteiger partial charge < -0.3 is 10.8 Å². The van der Waals surface area contributed by atoms with E-state index in [0.29, 0.717) is 6.54 Å². The van der Waals surface area contributed by atoms with Crippen molar-refractivity contribution in [2.45, 2.75) is 40.2 Å². The smallest absolute Gasteiger partial charge is 0.0937 e. The predicted octanol–water partition coefficient (Wildman–Crippen LogP) is 1.65. The topological polar surface area (TPSA) is 59.1 Å². The van der Waals surface area contributed by atoms with Gasteiger partial charge >= 0.3 is 0 Å². The van der Waals surface area contributed by atoms with Gasteiger partial charge in [-0.1, -0.05) is 6.92 Å². The third kappa shape index (κ3) is 2.77. The molecule has 1 aromatic rings. The summed E-state index contributed by atoms with van der Waals surface area (Å²) in [6.07, 6.45) is 0.340. The largest absolute Gasteiger partial charge is 0.393 e. The van der Waals surface area contributed by atoms with Gasteiger partial charge in [-0.25, -0.2) is 4.98 Å². The Morgan fingerprint density at radius 3 is 2.47 bits per heavy atom. The summed E-state index contributed by atoms with van der Waals surface area (Å²) in [6.45, 7) is 8.35. The van der Waals surface area contributed by atoms with Crippen LogP contribution >= 0.6 is 11.3 Å². The van der Waals surface area contributed by atoms with Crippen LogP contribution < -0.4 is 5.73 Å². The number of aromatic nitrogens is 1. The highest BCUT2D eigenvalue weighted by Gasteiger charge is 2.30. The Morgan fingerprint density at radius 2 is 2.13 bits per heavy atom. The molecule has 3 N–H and O–H groups in total. The first kappa shape index (κ1) is 12.6. The number of nitrogens with zero attached hydrogens (tertiary/aromatic N) is 1. The lowest BCUT2D eigenvalue weighted by Gasteiger charge is -2.30. The molecule has 0 amide bonds. The number of thiazole rings is 1. The van der Waals surface area contributed by atoms with Crippen molar-refractivity contribution in [1.29, 1.82) is 0 Å². The normalized spacial score (nSPS) is 17.5. The molecule has 0 bridgehead atoms. The van der Waals surface area contributed by atoms with Gasteiger partial charge in [0.05, 0.1) is 16.8 Å². The summed E-state index contributed by atoms with van der Waals surface area (Å²) >= 11 is 1.70. The van der Waals surface area contributed by atoms with Crippen LogP contribution in [0.25, 0.3) is 0 Å². The maximum Gasteiger partial charge on any atom is 0.0937 e. The van der Waals surface area contributed by atoms with Gasteiger partial charge in [-0.15, -0.1) is 11.3 Å². The van der Waals surface area contributed by atoms with Crippen molar-refractivity contribution >= 4 is 11.3 Å². The minimum atomic E-state index is -0.410. The van der Waals surface area contributed by atoms with E-state index in [-0.39, 0.29) is 5.41 Å². The number of rotatable bonds is 4. The van der Waals surface area contributed by atoms with Gasteiger partial charge in [0.1, 0.15) is 0 Å². The predicted molar refractivity (Wildman–Crippen MR) is 64.1 cm³/mol. The number of aliphatic hydroxyl groups is 1. The van der Waals surface area contributed by atoms with Crippen LogP contribution in [0.2, 0.25) is 0 Å². The summed E-state index contributed by atoms with van der Waals surface area (Å²) in [6, 6.07) is 0. The molecule has 0 aliphatic heterocycles. The van der Waals surface area contributed by atoms with Gasteiger partial charge in [-0.2, -0.15) is 0 Å². The van der Waals surface area contributed by atoms with E-state index in [2.05, 4.69) is 11.9 Å². The Hall–Kier alpha value is -0.450. The van der Waals surface area contributed by atoms with Gasteiger partial charge in [0.2, 0.25) is 0 Å². The summed E-state index contributed by atoms with van der Waals surface area (Å²) in [5.74, 6) is 0. The standard InChI is InChI=1S/C11H20N2OS/c1-7-8(2)15-10(13-7)5-11(4,6-12)9(3)14/h9,14H,5-6,12H2,1-4H3. The van der Waals surface area contributed by atoms with E-state index in [9.17, 15) is 5.11 Å². The summed E-state index contributed by atoms with van der Waals surface area (Å²) in [5.41, 5.74) is 6.53. The average molecular weight is 228 g/mol. The molecule has 15 heavy (non-hydrogen) atoms. The molecule has 0 aromatic carbocycles. The summed E-state index contributed by atoms with van der Waals surface area (Å²) in [7, 11) is 0. The lowest BCUT2D eigenvalue weighted by atomic mass is 9.82. The van der Waals surface area contributed by atoms with Crippen molar-refractivity contribution in [2.24, 2.45) is 11.1 Å². The summed E-state index contributed by atoms with van der Waals surface area (Å²) < 4.78 is 0. The fourth-order valence-electron chi connectivity index (χ4n) is 1.35. The van der Waals surface area contributed by atoms with Gasteiger partial charge in [0.25, 0.3) is 0 Å². The number of hydrogen-bond acceptors (Lipinski definition) is 4. The van der Waals surface area contributed by atoms with E-state index in [0.717, 1.165) is 17.1 Å². The van der Waals surface area contributed by atoms with E-state index in [1.807, 2.05) is 13.8 Å². The molecule has 0 fully saturated rings. The first-order valence-electron chi connectivity index (χ1n) is 5.20. The first-order chi connectivity index (χ1) is 6.89. The van der Waals surface area contributed by atoms with Gasteiger partial charge in [-0.3, -0.25) is 0 Å². The Bertz CT molecular complexity index is 316. The van der Waals surface area contributed by atoms with Crippen molar-refractivity contribution in [1.82, 2.24) is 4.98 Å². The van der Waals surface area contributed by atoms with Gasteiger partial charge in [0.15, 0.2) is 0 Å². The minimum Gasteiger partial charge on any atom is -0.393 e. The van der Waals surface area contributed by atoms with Gasteiger partial charge in [0, 0.05) is 23.3 Å². The molecule has 1 heterocycles. The second kappa shape index (κ2) is 4.60. The van der Waals surface area contributed by atoms with E-state index < -0.39 is 6.10 Å². The van der Waals surface area contributed by atoms with Crippen LogP contribution in [0.4, 0.5) is 0 Å². The van der Waals surface area contributed by atoms with Crippen LogP contribution in [0.15, 0.2) is 0 Å². The first-order valence-corrected chi connectivity index (χ1v) is 6.02. The maximum atomic E-state index is 9.71. The van der Waals surface area contributed by atoms with E-state index in [1.54, 1.807) is 18.3 Å². The monoisotopic (exact) mass is 228 g/mol. The number of aryl methyl sites for hydroxylation is 2. The zero-order valence-electron chi connectivity index (χ0n) is 9.87. The third-order valence-electron chi connectivity index (χ3n) is 3.10. The zero-order chi connectivity index (χ0) is 11.6. The van der Waals surface area contributed by atoms with Crippen molar-refractivity contribution in [3.05, 3.63) is 15.6 Å². The molecule has 2 unspecified atom stereocenters. The van der Waals surface area contributed by atoms with Crippen molar-refractivity contribution in [3.8, 4) is 0 Å². The van der Waals surface area contributed by atoms with Crippen LogP contribution in [0.3, 0.4) is 0 Å². The zero-order valence-corrected chi connectivity index (χ0v) is 10.7. The molecule has 0 radical (unpaired) electrons. The molecule has 2 atom stereocenters. The van der Waals surface area contributed by atoms with Crippen molar-refractivity contribution in [2.75, 3.05) is 6.54 Å². The van der Waals surface area contributed by atoms with Crippen molar-refractivity contribution < 1.29 is 5.11 Å². The van der Waals surface area contributed by atoms with Crippen molar-refractivity contribution in [3.63, 3.8) is 0 Å². The highest BCUT2D eigenvalue weighted by Crippen LogP contribution is 2.28. The molecule has 3 nitrogen and oxygen atoms in total. The highest BCUT2D eigenvalue weighted by molar-refractivity contribution is 7.11. The molecule has 0 aliphatic rings. The number of nitrogens with two attached hydrogens (primary N) is 1.